The molecule has 0 heterocycles. The van der Waals surface area contributed by atoms with Crippen molar-refractivity contribution >= 4 is 23.8 Å². The maximum absolute atomic E-state index is 11.5. The van der Waals surface area contributed by atoms with Crippen molar-refractivity contribution < 1.29 is 24.3 Å². The van der Waals surface area contributed by atoms with Gasteiger partial charge in [0, 0.05) is 14.1 Å². The first-order chi connectivity index (χ1) is 8.65. The van der Waals surface area contributed by atoms with E-state index in [4.69, 9.17) is 10.8 Å². The highest BCUT2D eigenvalue weighted by Crippen LogP contribution is 1.93. The van der Waals surface area contributed by atoms with E-state index in [1.807, 2.05) is 0 Å². The first kappa shape index (κ1) is 16.7. The van der Waals surface area contributed by atoms with Crippen molar-refractivity contribution in [2.45, 2.75) is 25.4 Å². The minimum Gasteiger partial charge on any atom is -0.480 e. The molecule has 0 rings (SSSR count). The van der Waals surface area contributed by atoms with E-state index < -0.39 is 36.4 Å². The van der Waals surface area contributed by atoms with E-state index in [0.717, 1.165) is 0 Å². The van der Waals surface area contributed by atoms with Gasteiger partial charge >= 0.3 is 12.0 Å². The number of hydrogen-bond donors (Lipinski definition) is 4. The maximum Gasteiger partial charge on any atom is 0.326 e. The van der Waals surface area contributed by atoms with Gasteiger partial charge in [-0.15, -0.1) is 0 Å². The average molecular weight is 274 g/mol. The zero-order chi connectivity index (χ0) is 15.2. The summed E-state index contributed by atoms with van der Waals surface area (Å²) >= 11 is 0. The number of hydrogen-bond acceptors (Lipinski definition) is 4. The van der Waals surface area contributed by atoms with Crippen LogP contribution in [-0.2, 0) is 14.4 Å². The SMILES string of the molecule is CC(NC(=O)N[C@H](CC(N)=O)C(=O)O)C(=O)N(C)C. The molecule has 0 aromatic heterocycles. The molecule has 4 amide bonds. The van der Waals surface area contributed by atoms with Gasteiger partial charge in [-0.3, -0.25) is 9.59 Å². The minimum atomic E-state index is -1.43. The van der Waals surface area contributed by atoms with Crippen LogP contribution in [0, 0.1) is 0 Å². The van der Waals surface area contributed by atoms with Gasteiger partial charge in [0.1, 0.15) is 12.1 Å². The number of likely N-dealkylation sites (N-methyl/N-ethyl adjacent to an activating group) is 1. The molecule has 9 nitrogen and oxygen atoms in total. The predicted octanol–water partition coefficient (Wildman–Crippen LogP) is -1.91. The number of amides is 4. The van der Waals surface area contributed by atoms with E-state index >= 15 is 0 Å². The number of primary amides is 1. The van der Waals surface area contributed by atoms with Gasteiger partial charge in [0.2, 0.25) is 11.8 Å². The molecule has 0 radical (unpaired) electrons. The van der Waals surface area contributed by atoms with E-state index in [1.165, 1.54) is 25.9 Å². The first-order valence-electron chi connectivity index (χ1n) is 5.44. The number of carboxylic acid groups (broad SMARTS) is 1. The summed E-state index contributed by atoms with van der Waals surface area (Å²) in [6.07, 6.45) is -0.529. The van der Waals surface area contributed by atoms with E-state index in [1.54, 1.807) is 0 Å². The molecule has 0 bridgehead atoms. The van der Waals surface area contributed by atoms with Gasteiger partial charge in [0.15, 0.2) is 0 Å². The number of nitrogens with two attached hydrogens (primary N) is 1. The molecule has 1 unspecified atom stereocenters. The topological polar surface area (TPSA) is 142 Å². The quantitative estimate of drug-likeness (QED) is 0.447. The summed E-state index contributed by atoms with van der Waals surface area (Å²) in [5.74, 6) is -2.59. The molecule has 0 saturated carbocycles. The highest BCUT2D eigenvalue weighted by Gasteiger charge is 2.24. The molecule has 108 valence electrons. The van der Waals surface area contributed by atoms with Crippen molar-refractivity contribution in [3.8, 4) is 0 Å². The molecule has 0 aromatic carbocycles. The van der Waals surface area contributed by atoms with E-state index in [9.17, 15) is 19.2 Å². The Balaban J connectivity index is 4.46. The smallest absolute Gasteiger partial charge is 0.326 e. The van der Waals surface area contributed by atoms with Crippen molar-refractivity contribution in [3.05, 3.63) is 0 Å². The van der Waals surface area contributed by atoms with E-state index in [2.05, 4.69) is 10.6 Å². The Morgan fingerprint density at radius 1 is 1.21 bits per heavy atom. The van der Waals surface area contributed by atoms with Crippen molar-refractivity contribution in [3.63, 3.8) is 0 Å². The fraction of sp³-hybridized carbons (Fsp3) is 0.600. The third kappa shape index (κ3) is 6.24. The van der Waals surface area contributed by atoms with Gasteiger partial charge in [-0.1, -0.05) is 0 Å². The second-order valence-electron chi connectivity index (χ2n) is 4.13. The number of carbonyl (C=O) groups excluding carboxylic acids is 3. The summed E-state index contributed by atoms with van der Waals surface area (Å²) in [6.45, 7) is 1.45. The van der Waals surface area contributed by atoms with Gasteiger partial charge in [-0.2, -0.15) is 0 Å². The largest absolute Gasteiger partial charge is 0.480 e. The second-order valence-corrected chi connectivity index (χ2v) is 4.13. The van der Waals surface area contributed by atoms with Gasteiger partial charge in [0.25, 0.3) is 0 Å². The lowest BCUT2D eigenvalue weighted by Gasteiger charge is -2.19. The zero-order valence-electron chi connectivity index (χ0n) is 11.0. The number of nitrogens with one attached hydrogen (secondary N) is 2. The van der Waals surface area contributed by atoms with E-state index in [0.29, 0.717) is 0 Å². The number of carboxylic acids is 1. The molecule has 0 aliphatic carbocycles. The first-order valence-corrected chi connectivity index (χ1v) is 5.44. The van der Waals surface area contributed by atoms with Crippen LogP contribution in [0.5, 0.6) is 0 Å². The lowest BCUT2D eigenvalue weighted by molar-refractivity contribution is -0.140. The van der Waals surface area contributed by atoms with Crippen LogP contribution in [0.3, 0.4) is 0 Å². The Morgan fingerprint density at radius 3 is 2.11 bits per heavy atom. The Hall–Kier alpha value is -2.32. The summed E-state index contributed by atoms with van der Waals surface area (Å²) in [5.41, 5.74) is 4.86. The molecule has 0 saturated heterocycles. The van der Waals surface area contributed by atoms with Crippen LogP contribution in [0.25, 0.3) is 0 Å². The normalized spacial score (nSPS) is 13.0. The van der Waals surface area contributed by atoms with Crippen LogP contribution in [0.1, 0.15) is 13.3 Å². The van der Waals surface area contributed by atoms with Crippen molar-refractivity contribution in [1.29, 1.82) is 0 Å². The number of carbonyl (C=O) groups is 4. The van der Waals surface area contributed by atoms with Crippen LogP contribution in [0.15, 0.2) is 0 Å². The number of aliphatic carboxylic acids is 1. The molecule has 0 spiro atoms. The van der Waals surface area contributed by atoms with Crippen molar-refractivity contribution in [2.75, 3.05) is 14.1 Å². The number of nitrogens with zero attached hydrogens (tertiary/aromatic N) is 1. The fourth-order valence-corrected chi connectivity index (χ4v) is 1.25. The van der Waals surface area contributed by atoms with Crippen LogP contribution >= 0.6 is 0 Å². The minimum absolute atomic E-state index is 0.350. The van der Waals surface area contributed by atoms with E-state index in [-0.39, 0.29) is 5.91 Å². The Bertz CT molecular complexity index is 382. The van der Waals surface area contributed by atoms with Gasteiger partial charge in [-0.05, 0) is 6.92 Å². The molecule has 0 aliphatic rings. The summed E-state index contributed by atoms with van der Waals surface area (Å²) in [7, 11) is 3.04. The Kier molecular flexibility index (Phi) is 6.31. The summed E-state index contributed by atoms with van der Waals surface area (Å²) < 4.78 is 0. The molecule has 0 fully saturated rings. The molecule has 5 N–H and O–H groups in total. The average Bonchev–Trinajstić information content (AvgIpc) is 2.25. The third-order valence-electron chi connectivity index (χ3n) is 2.17. The highest BCUT2D eigenvalue weighted by atomic mass is 16.4. The van der Waals surface area contributed by atoms with Crippen molar-refractivity contribution in [1.82, 2.24) is 15.5 Å². The molecule has 2 atom stereocenters. The molecular weight excluding hydrogens is 256 g/mol. The highest BCUT2D eigenvalue weighted by molar-refractivity contribution is 5.90. The molecule has 0 aliphatic heterocycles. The predicted molar refractivity (Wildman–Crippen MR) is 65.1 cm³/mol. The number of urea groups is 1. The lowest BCUT2D eigenvalue weighted by Crippen LogP contribution is -2.52. The molecule has 19 heavy (non-hydrogen) atoms. The maximum atomic E-state index is 11.5. The van der Waals surface area contributed by atoms with Crippen LogP contribution < -0.4 is 16.4 Å². The van der Waals surface area contributed by atoms with Crippen LogP contribution in [0.2, 0.25) is 0 Å². The monoisotopic (exact) mass is 274 g/mol. The molecular formula is C10H18N4O5. The summed E-state index contributed by atoms with van der Waals surface area (Å²) in [5, 5.41) is 13.1. The van der Waals surface area contributed by atoms with Crippen molar-refractivity contribution in [2.24, 2.45) is 5.73 Å². The Labute approximate surface area is 110 Å². The summed E-state index contributed by atoms with van der Waals surface area (Å²) in [6, 6.07) is -3.12. The second kappa shape index (κ2) is 7.19. The van der Waals surface area contributed by atoms with Crippen LogP contribution in [0.4, 0.5) is 4.79 Å². The summed E-state index contributed by atoms with van der Waals surface area (Å²) in [4.78, 5) is 45.6. The zero-order valence-corrected chi connectivity index (χ0v) is 11.0. The Morgan fingerprint density at radius 2 is 1.74 bits per heavy atom. The molecule has 0 aromatic rings. The van der Waals surface area contributed by atoms with Crippen LogP contribution in [-0.4, -0.2) is 60.0 Å². The molecule has 9 heteroatoms. The lowest BCUT2D eigenvalue weighted by atomic mass is 10.2. The standard InChI is InChI=1S/C10H18N4O5/c1-5(8(16)14(2)3)12-10(19)13-6(9(17)18)4-7(11)15/h5-6H,4H2,1-3H3,(H2,11,15)(H,17,18)(H2,12,13,19)/t5?,6-/m1/s1. The third-order valence-corrected chi connectivity index (χ3v) is 2.17. The van der Waals surface area contributed by atoms with Gasteiger partial charge in [-0.25, -0.2) is 9.59 Å². The number of rotatable bonds is 6. The van der Waals surface area contributed by atoms with Gasteiger partial charge in [0.05, 0.1) is 6.42 Å². The fourth-order valence-electron chi connectivity index (χ4n) is 1.25. The van der Waals surface area contributed by atoms with Gasteiger partial charge < -0.3 is 26.4 Å².